The number of carbonyl (C=O) groups excluding carboxylic acids is 2. The molecule has 0 spiro atoms. The molecule has 0 fully saturated rings. The second kappa shape index (κ2) is 10.1. The maximum absolute atomic E-state index is 13.1. The van der Waals surface area contributed by atoms with Crippen molar-refractivity contribution in [2.45, 2.75) is 12.6 Å². The molecule has 0 atom stereocenters. The maximum atomic E-state index is 13.1. The highest BCUT2D eigenvalue weighted by molar-refractivity contribution is 6.31. The van der Waals surface area contributed by atoms with Crippen molar-refractivity contribution in [3.05, 3.63) is 99.1 Å². The fourth-order valence-electron chi connectivity index (χ4n) is 3.93. The van der Waals surface area contributed by atoms with Crippen LogP contribution in [0.25, 0.3) is 22.3 Å². The molecular weight excluding hydrogens is 539 g/mol. The van der Waals surface area contributed by atoms with Crippen LogP contribution in [0.2, 0.25) is 5.02 Å². The van der Waals surface area contributed by atoms with E-state index in [1.165, 1.54) is 24.3 Å². The highest BCUT2D eigenvalue weighted by Gasteiger charge is 2.30. The van der Waals surface area contributed by atoms with Crippen molar-refractivity contribution in [2.24, 2.45) is 0 Å². The lowest BCUT2D eigenvalue weighted by Gasteiger charge is -2.09. The van der Waals surface area contributed by atoms with E-state index in [2.05, 4.69) is 30.3 Å². The predicted molar refractivity (Wildman–Crippen MR) is 138 cm³/mol. The summed E-state index contributed by atoms with van der Waals surface area (Å²) in [6, 6.07) is 15.6. The number of hydrogen-bond acceptors (Lipinski definition) is 5. The number of carbonyl (C=O) groups is 2. The summed E-state index contributed by atoms with van der Waals surface area (Å²) in [4.78, 5) is 42.5. The van der Waals surface area contributed by atoms with Crippen LogP contribution in [-0.4, -0.2) is 26.9 Å². The number of fused-ring (bicyclic) bond motifs is 1. The first kappa shape index (κ1) is 25.8. The molecule has 0 saturated carbocycles. The van der Waals surface area contributed by atoms with Crippen LogP contribution in [-0.2, 0) is 17.4 Å². The van der Waals surface area contributed by atoms with Gasteiger partial charge in [-0.05, 0) is 48.0 Å². The molecule has 13 heteroatoms. The second-order valence-electron chi connectivity index (χ2n) is 8.46. The minimum absolute atomic E-state index is 0.0764. The molecule has 2 heterocycles. The van der Waals surface area contributed by atoms with Gasteiger partial charge in [-0.2, -0.15) is 13.2 Å². The molecule has 3 aromatic carbocycles. The average molecular weight is 556 g/mol. The number of para-hydroxylation sites is 1. The van der Waals surface area contributed by atoms with E-state index in [4.69, 9.17) is 11.6 Å². The lowest BCUT2D eigenvalue weighted by molar-refractivity contribution is -0.137. The Morgan fingerprint density at radius 1 is 0.949 bits per heavy atom. The highest BCUT2D eigenvalue weighted by atomic mass is 35.5. The highest BCUT2D eigenvalue weighted by Crippen LogP contribution is 2.31. The monoisotopic (exact) mass is 555 g/mol. The number of hydrogen-bond donors (Lipinski definition) is 4. The molecule has 4 N–H and O–H groups in total. The van der Waals surface area contributed by atoms with Gasteiger partial charge >= 0.3 is 11.9 Å². The van der Waals surface area contributed by atoms with Gasteiger partial charge in [-0.25, -0.2) is 4.79 Å². The standard InChI is InChI=1S/C26H17ClF3N5O4/c27-16-8-9-18(17(12-16)23-34-25(38)39-35-23)33-24(37)20-11-14-2-1-3-19(22(14)32-20)31-21(36)10-13-4-6-15(7-5-13)26(28,29)30/h1-9,11-12,32H,10H2,(H,31,36)(H,33,37)(H,34,35,38). The van der Waals surface area contributed by atoms with Crippen LogP contribution >= 0.6 is 11.6 Å². The van der Waals surface area contributed by atoms with E-state index in [0.717, 1.165) is 12.1 Å². The average Bonchev–Trinajstić information content (AvgIpc) is 3.52. The van der Waals surface area contributed by atoms with Crippen LogP contribution in [0.3, 0.4) is 0 Å². The molecule has 0 aliphatic rings. The van der Waals surface area contributed by atoms with Crippen molar-refractivity contribution in [3.8, 4) is 11.4 Å². The van der Waals surface area contributed by atoms with Crippen molar-refractivity contribution >= 4 is 45.7 Å². The number of amides is 2. The third kappa shape index (κ3) is 5.70. The minimum Gasteiger partial charge on any atom is -0.349 e. The smallest absolute Gasteiger partial charge is 0.349 e. The summed E-state index contributed by atoms with van der Waals surface area (Å²) in [5, 5.41) is 10.1. The number of nitrogens with zero attached hydrogens (tertiary/aromatic N) is 1. The maximum Gasteiger partial charge on any atom is 0.439 e. The van der Waals surface area contributed by atoms with Gasteiger partial charge in [-0.15, -0.1) is 0 Å². The zero-order valence-electron chi connectivity index (χ0n) is 19.7. The first-order valence-corrected chi connectivity index (χ1v) is 11.7. The molecular formula is C26H17ClF3N5O4. The van der Waals surface area contributed by atoms with E-state index < -0.39 is 29.3 Å². The molecule has 39 heavy (non-hydrogen) atoms. The summed E-state index contributed by atoms with van der Waals surface area (Å²) >= 11 is 6.07. The molecule has 5 aromatic rings. The van der Waals surface area contributed by atoms with Gasteiger partial charge < -0.3 is 15.6 Å². The molecule has 9 nitrogen and oxygen atoms in total. The molecule has 0 unspecified atom stereocenters. The van der Waals surface area contributed by atoms with Crippen molar-refractivity contribution in [1.29, 1.82) is 0 Å². The zero-order valence-corrected chi connectivity index (χ0v) is 20.4. The van der Waals surface area contributed by atoms with Crippen LogP contribution < -0.4 is 16.4 Å². The Hall–Kier alpha value is -4.84. The lowest BCUT2D eigenvalue weighted by atomic mass is 10.1. The molecule has 2 amide bonds. The summed E-state index contributed by atoms with van der Waals surface area (Å²) in [6.07, 6.45) is -4.61. The Balaban J connectivity index is 1.34. The number of aromatic amines is 2. The summed E-state index contributed by atoms with van der Waals surface area (Å²) in [5.41, 5.74) is 1.27. The SMILES string of the molecule is O=C(Cc1ccc(C(F)(F)F)cc1)Nc1cccc2cc(C(=O)Nc3ccc(Cl)cc3-c3noc(=O)[nH]3)[nH]c12. The van der Waals surface area contributed by atoms with Gasteiger partial charge in [-0.3, -0.25) is 19.1 Å². The molecule has 0 radical (unpaired) electrons. The summed E-state index contributed by atoms with van der Waals surface area (Å²) in [6.45, 7) is 0. The number of anilines is 2. The van der Waals surface area contributed by atoms with E-state index in [9.17, 15) is 27.6 Å². The van der Waals surface area contributed by atoms with Crippen LogP contribution in [0.15, 0.2) is 76.0 Å². The fourth-order valence-corrected chi connectivity index (χ4v) is 4.10. The van der Waals surface area contributed by atoms with Crippen molar-refractivity contribution < 1.29 is 27.3 Å². The van der Waals surface area contributed by atoms with Crippen LogP contribution in [0.1, 0.15) is 21.6 Å². The molecule has 0 aliphatic heterocycles. The molecule has 0 saturated heterocycles. The van der Waals surface area contributed by atoms with E-state index in [1.54, 1.807) is 30.3 Å². The first-order chi connectivity index (χ1) is 18.6. The molecule has 198 valence electrons. The van der Waals surface area contributed by atoms with Crippen LogP contribution in [0.5, 0.6) is 0 Å². The molecule has 0 bridgehead atoms. The van der Waals surface area contributed by atoms with Gasteiger partial charge in [0.15, 0.2) is 5.82 Å². The van der Waals surface area contributed by atoms with Gasteiger partial charge in [0.25, 0.3) is 5.91 Å². The quantitative estimate of drug-likeness (QED) is 0.216. The normalized spacial score (nSPS) is 11.5. The molecule has 2 aromatic heterocycles. The van der Waals surface area contributed by atoms with Gasteiger partial charge in [0.2, 0.25) is 5.91 Å². The first-order valence-electron chi connectivity index (χ1n) is 11.3. The second-order valence-corrected chi connectivity index (χ2v) is 8.90. The van der Waals surface area contributed by atoms with Gasteiger partial charge in [0.05, 0.1) is 28.9 Å². The fraction of sp³-hybridized carbons (Fsp3) is 0.0769. The number of rotatable bonds is 6. The van der Waals surface area contributed by atoms with Gasteiger partial charge in [-0.1, -0.05) is 41.0 Å². The number of halogens is 4. The van der Waals surface area contributed by atoms with Crippen molar-refractivity contribution in [2.75, 3.05) is 10.6 Å². The number of alkyl halides is 3. The summed E-state index contributed by atoms with van der Waals surface area (Å²) in [5.74, 6) is -1.67. The largest absolute Gasteiger partial charge is 0.439 e. The van der Waals surface area contributed by atoms with Gasteiger partial charge in [0, 0.05) is 16.0 Å². The third-order valence-electron chi connectivity index (χ3n) is 5.75. The molecule has 0 aliphatic carbocycles. The Kier molecular flexibility index (Phi) is 6.71. The topological polar surface area (TPSA) is 133 Å². The Morgan fingerprint density at radius 2 is 1.72 bits per heavy atom. The van der Waals surface area contributed by atoms with E-state index in [1.807, 2.05) is 0 Å². The Bertz CT molecular complexity index is 1760. The van der Waals surface area contributed by atoms with E-state index in [0.29, 0.717) is 38.4 Å². The van der Waals surface area contributed by atoms with Crippen molar-refractivity contribution in [1.82, 2.24) is 15.1 Å². The predicted octanol–water partition coefficient (Wildman–Crippen LogP) is 5.62. The zero-order chi connectivity index (χ0) is 27.7. The Labute approximate surface area is 222 Å². The number of benzene rings is 3. The Morgan fingerprint density at radius 3 is 2.41 bits per heavy atom. The summed E-state index contributed by atoms with van der Waals surface area (Å²) < 4.78 is 42.9. The van der Waals surface area contributed by atoms with Crippen molar-refractivity contribution in [3.63, 3.8) is 0 Å². The van der Waals surface area contributed by atoms with Crippen LogP contribution in [0, 0.1) is 0 Å². The molecule has 5 rings (SSSR count). The minimum atomic E-state index is -4.46. The number of nitrogens with one attached hydrogen (secondary N) is 4. The van der Waals surface area contributed by atoms with Gasteiger partial charge in [0.1, 0.15) is 5.69 Å². The van der Waals surface area contributed by atoms with Crippen LogP contribution in [0.4, 0.5) is 24.5 Å². The lowest BCUT2D eigenvalue weighted by Crippen LogP contribution is -2.15. The number of aromatic nitrogens is 3. The third-order valence-corrected chi connectivity index (χ3v) is 5.98. The van der Waals surface area contributed by atoms with E-state index >= 15 is 0 Å². The summed E-state index contributed by atoms with van der Waals surface area (Å²) in [7, 11) is 0. The number of H-pyrrole nitrogens is 2. The van der Waals surface area contributed by atoms with E-state index in [-0.39, 0.29) is 17.9 Å².